The molecule has 0 amide bonds. The van der Waals surface area contributed by atoms with Gasteiger partial charge >= 0.3 is 5.97 Å². The summed E-state index contributed by atoms with van der Waals surface area (Å²) < 4.78 is 6.65. The maximum absolute atomic E-state index is 12.8. The van der Waals surface area contributed by atoms with Crippen LogP contribution >= 0.6 is 22.9 Å². The second-order valence-corrected chi connectivity index (χ2v) is 8.39. The number of carbonyl (C=O) groups excluding carboxylic acids is 1. The number of aliphatic imine (C=N–C) groups is 1. The van der Waals surface area contributed by atoms with Crippen LogP contribution in [-0.2, 0) is 0 Å². The van der Waals surface area contributed by atoms with Crippen molar-refractivity contribution >= 4 is 61.7 Å². The summed E-state index contributed by atoms with van der Waals surface area (Å²) in [6, 6.07) is 29.1. The van der Waals surface area contributed by atoms with E-state index in [1.54, 1.807) is 12.3 Å². The van der Waals surface area contributed by atoms with Crippen LogP contribution in [0.4, 0.5) is 5.69 Å². The third kappa shape index (κ3) is 3.96. The fourth-order valence-electron chi connectivity index (χ4n) is 3.37. The first-order chi connectivity index (χ1) is 15.2. The molecular formula is C26H16ClNO2S. The summed E-state index contributed by atoms with van der Waals surface area (Å²) in [5, 5.41) is 3.56. The van der Waals surface area contributed by atoms with Crippen LogP contribution < -0.4 is 4.74 Å². The first-order valence-corrected chi connectivity index (χ1v) is 10.9. The molecule has 150 valence electrons. The Labute approximate surface area is 188 Å². The number of benzene rings is 4. The highest BCUT2D eigenvalue weighted by molar-refractivity contribution is 7.21. The minimum absolute atomic E-state index is 0.393. The molecule has 0 radical (unpaired) electrons. The fourth-order valence-corrected chi connectivity index (χ4v) is 4.76. The Hall–Kier alpha value is -3.47. The summed E-state index contributed by atoms with van der Waals surface area (Å²) in [4.78, 5) is 17.8. The minimum Gasteiger partial charge on any atom is -0.422 e. The van der Waals surface area contributed by atoms with E-state index >= 15 is 0 Å². The number of thiophene rings is 1. The number of fused-ring (bicyclic) bond motifs is 2. The lowest BCUT2D eigenvalue weighted by Crippen LogP contribution is -2.08. The van der Waals surface area contributed by atoms with Gasteiger partial charge in [0.25, 0.3) is 0 Å². The number of ether oxygens (including phenoxy) is 1. The Morgan fingerprint density at radius 3 is 2.48 bits per heavy atom. The second kappa shape index (κ2) is 8.34. The second-order valence-electron chi connectivity index (χ2n) is 6.96. The molecule has 0 spiro atoms. The van der Waals surface area contributed by atoms with Gasteiger partial charge < -0.3 is 4.74 Å². The van der Waals surface area contributed by atoms with Crippen LogP contribution in [-0.4, -0.2) is 12.2 Å². The highest BCUT2D eigenvalue weighted by atomic mass is 35.5. The van der Waals surface area contributed by atoms with Crippen molar-refractivity contribution in [2.75, 3.05) is 0 Å². The van der Waals surface area contributed by atoms with Crippen molar-refractivity contribution in [2.24, 2.45) is 4.99 Å². The highest BCUT2D eigenvalue weighted by Crippen LogP contribution is 2.36. The summed E-state index contributed by atoms with van der Waals surface area (Å²) >= 11 is 7.76. The van der Waals surface area contributed by atoms with Crippen LogP contribution in [0, 0.1) is 0 Å². The Bertz CT molecular complexity index is 1450. The van der Waals surface area contributed by atoms with Gasteiger partial charge in [-0.05, 0) is 41.1 Å². The molecule has 0 unspecified atom stereocenters. The predicted octanol–water partition coefficient (Wildman–Crippen LogP) is 7.68. The van der Waals surface area contributed by atoms with Gasteiger partial charge in [-0.2, -0.15) is 0 Å². The number of halogens is 1. The largest absolute Gasteiger partial charge is 0.422 e. The van der Waals surface area contributed by atoms with Crippen molar-refractivity contribution in [1.29, 1.82) is 0 Å². The molecule has 0 fully saturated rings. The van der Waals surface area contributed by atoms with Gasteiger partial charge in [0.15, 0.2) is 0 Å². The quantitative estimate of drug-likeness (QED) is 0.163. The molecule has 3 nitrogen and oxygen atoms in total. The molecular weight excluding hydrogens is 426 g/mol. The SMILES string of the molecule is O=C(Oc1ccccc1C=Nc1ccc2ccccc2c1)c1sc2ccccc2c1Cl. The van der Waals surface area contributed by atoms with E-state index in [0.717, 1.165) is 26.5 Å². The number of rotatable bonds is 4. The van der Waals surface area contributed by atoms with Crippen LogP contribution in [0.15, 0.2) is 96.0 Å². The average molecular weight is 442 g/mol. The molecule has 0 atom stereocenters. The van der Waals surface area contributed by atoms with Gasteiger partial charge in [-0.1, -0.05) is 72.3 Å². The Morgan fingerprint density at radius 2 is 1.61 bits per heavy atom. The molecule has 0 aliphatic carbocycles. The lowest BCUT2D eigenvalue weighted by molar-refractivity contribution is 0.0740. The average Bonchev–Trinajstić information content (AvgIpc) is 3.15. The predicted molar refractivity (Wildman–Crippen MR) is 129 cm³/mol. The lowest BCUT2D eigenvalue weighted by Gasteiger charge is -2.06. The number of hydrogen-bond acceptors (Lipinski definition) is 4. The van der Waals surface area contributed by atoms with E-state index in [1.807, 2.05) is 72.8 Å². The van der Waals surface area contributed by atoms with Crippen molar-refractivity contribution in [3.05, 3.63) is 106 Å². The topological polar surface area (TPSA) is 38.7 Å². The van der Waals surface area contributed by atoms with Crippen molar-refractivity contribution in [3.8, 4) is 5.75 Å². The maximum Gasteiger partial charge on any atom is 0.355 e. The zero-order chi connectivity index (χ0) is 21.2. The van der Waals surface area contributed by atoms with Gasteiger partial charge in [0, 0.05) is 21.9 Å². The molecule has 0 saturated heterocycles. The number of hydrogen-bond donors (Lipinski definition) is 0. The van der Waals surface area contributed by atoms with Gasteiger partial charge in [0.2, 0.25) is 0 Å². The zero-order valence-electron chi connectivity index (χ0n) is 16.3. The molecule has 5 heteroatoms. The van der Waals surface area contributed by atoms with Crippen molar-refractivity contribution in [2.45, 2.75) is 0 Å². The van der Waals surface area contributed by atoms with Crippen molar-refractivity contribution in [3.63, 3.8) is 0 Å². The van der Waals surface area contributed by atoms with E-state index in [1.165, 1.54) is 11.3 Å². The summed E-state index contributed by atoms with van der Waals surface area (Å²) in [5.41, 5.74) is 1.54. The molecule has 1 heterocycles. The molecule has 5 rings (SSSR count). The zero-order valence-corrected chi connectivity index (χ0v) is 17.9. The smallest absolute Gasteiger partial charge is 0.355 e. The van der Waals surface area contributed by atoms with Crippen LogP contribution in [0.25, 0.3) is 20.9 Å². The molecule has 0 aliphatic heterocycles. The number of nitrogens with zero attached hydrogens (tertiary/aromatic N) is 1. The molecule has 4 aromatic carbocycles. The summed E-state index contributed by atoms with van der Waals surface area (Å²) in [6.07, 6.45) is 1.71. The molecule has 31 heavy (non-hydrogen) atoms. The summed E-state index contributed by atoms with van der Waals surface area (Å²) in [5.74, 6) is -0.0386. The van der Waals surface area contributed by atoms with E-state index in [-0.39, 0.29) is 0 Å². The minimum atomic E-state index is -0.474. The van der Waals surface area contributed by atoms with E-state index in [0.29, 0.717) is 21.2 Å². The van der Waals surface area contributed by atoms with Gasteiger partial charge in [-0.3, -0.25) is 4.99 Å². The third-order valence-electron chi connectivity index (χ3n) is 4.93. The molecule has 0 bridgehead atoms. The van der Waals surface area contributed by atoms with E-state index in [2.05, 4.69) is 17.1 Å². The van der Waals surface area contributed by atoms with Gasteiger partial charge in [0.1, 0.15) is 10.6 Å². The van der Waals surface area contributed by atoms with Crippen molar-refractivity contribution in [1.82, 2.24) is 0 Å². The Morgan fingerprint density at radius 1 is 0.871 bits per heavy atom. The van der Waals surface area contributed by atoms with Gasteiger partial charge in [-0.15, -0.1) is 11.3 Å². The maximum atomic E-state index is 12.8. The van der Waals surface area contributed by atoms with E-state index < -0.39 is 5.97 Å². The molecule has 1 aromatic heterocycles. The normalized spacial score (nSPS) is 11.4. The van der Waals surface area contributed by atoms with Crippen LogP contribution in [0.3, 0.4) is 0 Å². The number of para-hydroxylation sites is 1. The monoisotopic (exact) mass is 441 g/mol. The van der Waals surface area contributed by atoms with Crippen LogP contribution in [0.2, 0.25) is 5.02 Å². The first kappa shape index (κ1) is 19.5. The van der Waals surface area contributed by atoms with Gasteiger partial charge in [0.05, 0.1) is 10.7 Å². The first-order valence-electron chi connectivity index (χ1n) is 9.70. The Balaban J connectivity index is 1.42. The lowest BCUT2D eigenvalue weighted by atomic mass is 10.1. The number of esters is 1. The molecule has 0 aliphatic rings. The van der Waals surface area contributed by atoms with Crippen LogP contribution in [0.1, 0.15) is 15.2 Å². The summed E-state index contributed by atoms with van der Waals surface area (Å²) in [6.45, 7) is 0. The van der Waals surface area contributed by atoms with Crippen molar-refractivity contribution < 1.29 is 9.53 Å². The third-order valence-corrected chi connectivity index (χ3v) is 6.58. The summed E-state index contributed by atoms with van der Waals surface area (Å²) in [7, 11) is 0. The number of carbonyl (C=O) groups is 1. The molecule has 5 aromatic rings. The molecule has 0 saturated carbocycles. The highest BCUT2D eigenvalue weighted by Gasteiger charge is 2.19. The Kier molecular flexibility index (Phi) is 5.24. The fraction of sp³-hybridized carbons (Fsp3) is 0. The standard InChI is InChI=1S/C26H16ClNO2S/c27-24-21-10-4-6-12-23(21)31-25(24)26(29)30-22-11-5-3-9-19(22)16-28-20-14-13-17-7-1-2-8-18(17)15-20/h1-16H. The molecule has 0 N–H and O–H groups in total. The van der Waals surface area contributed by atoms with Crippen LogP contribution in [0.5, 0.6) is 5.75 Å². The van der Waals surface area contributed by atoms with E-state index in [9.17, 15) is 4.79 Å². The van der Waals surface area contributed by atoms with Gasteiger partial charge in [-0.25, -0.2) is 4.79 Å². The van der Waals surface area contributed by atoms with E-state index in [4.69, 9.17) is 16.3 Å².